The van der Waals surface area contributed by atoms with E-state index in [4.69, 9.17) is 14.2 Å². The van der Waals surface area contributed by atoms with Crippen LogP contribution in [0.25, 0.3) is 0 Å². The highest BCUT2D eigenvalue weighted by atomic mass is 16.6. The molecule has 6 nitrogen and oxygen atoms in total. The maximum absolute atomic E-state index is 13.2. The van der Waals surface area contributed by atoms with Crippen LogP contribution in [0.4, 0.5) is 0 Å². The molecule has 0 heterocycles. The third-order valence-corrected chi connectivity index (χ3v) is 9.17. The Balaban J connectivity index is 1.15. The molecule has 3 aromatic rings. The Bertz CT molecular complexity index is 1510. The van der Waals surface area contributed by atoms with Crippen molar-refractivity contribution in [1.29, 1.82) is 0 Å². The van der Waals surface area contributed by atoms with Gasteiger partial charge < -0.3 is 14.2 Å². The van der Waals surface area contributed by atoms with Gasteiger partial charge in [-0.25, -0.2) is 14.4 Å². The van der Waals surface area contributed by atoms with Gasteiger partial charge in [0.15, 0.2) is 6.10 Å². The maximum atomic E-state index is 13.2. The lowest BCUT2D eigenvalue weighted by Crippen LogP contribution is -2.19. The third kappa shape index (κ3) is 8.84. The van der Waals surface area contributed by atoms with Crippen LogP contribution < -0.4 is 4.74 Å². The number of rotatable bonds is 13. The predicted molar refractivity (Wildman–Crippen MR) is 179 cm³/mol. The molecule has 240 valence electrons. The summed E-state index contributed by atoms with van der Waals surface area (Å²) in [7, 11) is 0. The van der Waals surface area contributed by atoms with Gasteiger partial charge in [0.25, 0.3) is 0 Å². The Kier molecular flexibility index (Phi) is 11.6. The quantitative estimate of drug-likeness (QED) is 0.108. The number of unbranched alkanes of at least 4 members (excludes halogenated alkanes) is 2. The minimum atomic E-state index is -0.782. The number of esters is 3. The number of hydrogen-bond acceptors (Lipinski definition) is 6. The number of hydrogen-bond donors (Lipinski definition) is 0. The van der Waals surface area contributed by atoms with Gasteiger partial charge >= 0.3 is 17.9 Å². The minimum Gasteiger partial charge on any atom is -0.458 e. The first-order valence-electron chi connectivity index (χ1n) is 16.6. The Hall–Kier alpha value is -4.45. The molecule has 46 heavy (non-hydrogen) atoms. The standard InChI is InChI=1S/C40H44O6/c1-3-4-6-11-29-15-17-30(18-16-29)31-19-21-34(22-20-31)39(42)46-37(32-12-7-5-8-13-32)27-44-38(41)33-23-25-35(26-24-33)45-40(43)36-14-9-10-28(36)2/h5,7-10,12-14,19-26,28-30,37H,3-4,6,11,15-18,27H2,1-2H3. The second kappa shape index (κ2) is 16.2. The summed E-state index contributed by atoms with van der Waals surface area (Å²) < 4.78 is 16.9. The van der Waals surface area contributed by atoms with Crippen molar-refractivity contribution in [3.63, 3.8) is 0 Å². The molecule has 2 aliphatic rings. The molecule has 0 spiro atoms. The van der Waals surface area contributed by atoms with Crippen LogP contribution in [0.1, 0.15) is 109 Å². The first-order chi connectivity index (χ1) is 22.4. The van der Waals surface area contributed by atoms with E-state index >= 15 is 0 Å². The smallest absolute Gasteiger partial charge is 0.339 e. The molecule has 0 saturated heterocycles. The predicted octanol–water partition coefficient (Wildman–Crippen LogP) is 9.33. The van der Waals surface area contributed by atoms with Crippen molar-refractivity contribution in [3.8, 4) is 5.75 Å². The van der Waals surface area contributed by atoms with E-state index in [1.54, 1.807) is 30.3 Å². The van der Waals surface area contributed by atoms with Crippen molar-refractivity contribution < 1.29 is 28.6 Å². The van der Waals surface area contributed by atoms with E-state index in [2.05, 4.69) is 19.1 Å². The number of carbonyl (C=O) groups is 3. The van der Waals surface area contributed by atoms with E-state index in [0.29, 0.717) is 28.4 Å². The molecular formula is C40H44O6. The molecular weight excluding hydrogens is 576 g/mol. The van der Waals surface area contributed by atoms with Crippen LogP contribution in [-0.4, -0.2) is 24.5 Å². The van der Waals surface area contributed by atoms with Crippen molar-refractivity contribution in [3.05, 3.63) is 125 Å². The van der Waals surface area contributed by atoms with Gasteiger partial charge in [0, 0.05) is 11.5 Å². The van der Waals surface area contributed by atoms with Crippen molar-refractivity contribution >= 4 is 17.9 Å². The van der Waals surface area contributed by atoms with E-state index in [1.807, 2.05) is 61.5 Å². The van der Waals surface area contributed by atoms with E-state index in [9.17, 15) is 14.4 Å². The molecule has 0 aromatic heterocycles. The Morgan fingerprint density at radius 1 is 0.783 bits per heavy atom. The number of carbonyl (C=O) groups excluding carboxylic acids is 3. The lowest BCUT2D eigenvalue weighted by Gasteiger charge is -2.29. The van der Waals surface area contributed by atoms with Gasteiger partial charge in [-0.05, 0) is 85.0 Å². The summed E-state index contributed by atoms with van der Waals surface area (Å²) in [6.07, 6.45) is 15.0. The fraction of sp³-hybridized carbons (Fsp3) is 0.375. The SMILES string of the molecule is CCCCCC1CCC(c2ccc(C(=O)OC(COC(=O)c3ccc(OC(=O)C4=CC=CC4C)cc3)c3ccccc3)cc2)CC1. The second-order valence-corrected chi connectivity index (χ2v) is 12.4. The maximum Gasteiger partial charge on any atom is 0.339 e. The molecule has 0 bridgehead atoms. The van der Waals surface area contributed by atoms with Gasteiger partial charge in [0.1, 0.15) is 12.4 Å². The summed E-state index contributed by atoms with van der Waals surface area (Å²) in [6, 6.07) is 23.2. The molecule has 2 aliphatic carbocycles. The average Bonchev–Trinajstić information content (AvgIpc) is 3.53. The normalized spacial score (nSPS) is 19.6. The second-order valence-electron chi connectivity index (χ2n) is 12.4. The van der Waals surface area contributed by atoms with Crippen molar-refractivity contribution in [2.75, 3.05) is 6.61 Å². The molecule has 2 atom stereocenters. The van der Waals surface area contributed by atoms with Crippen molar-refractivity contribution in [1.82, 2.24) is 0 Å². The third-order valence-electron chi connectivity index (χ3n) is 9.17. The highest BCUT2D eigenvalue weighted by Crippen LogP contribution is 2.38. The monoisotopic (exact) mass is 620 g/mol. The van der Waals surface area contributed by atoms with Gasteiger partial charge in [-0.3, -0.25) is 0 Å². The highest BCUT2D eigenvalue weighted by Gasteiger charge is 2.24. The molecule has 3 aromatic carbocycles. The summed E-state index contributed by atoms with van der Waals surface area (Å²) in [5.74, 6) is 0.263. The summed E-state index contributed by atoms with van der Waals surface area (Å²) in [6.45, 7) is 4.03. The molecule has 0 aliphatic heterocycles. The van der Waals surface area contributed by atoms with Crippen molar-refractivity contribution in [2.45, 2.75) is 77.2 Å². The number of allylic oxidation sites excluding steroid dienone is 3. The zero-order chi connectivity index (χ0) is 32.3. The molecule has 0 N–H and O–H groups in total. The topological polar surface area (TPSA) is 78.9 Å². The van der Waals surface area contributed by atoms with Crippen LogP contribution in [0.2, 0.25) is 0 Å². The van der Waals surface area contributed by atoms with Gasteiger partial charge in [-0.1, -0.05) is 100 Å². The van der Waals surface area contributed by atoms with Gasteiger partial charge in [0.05, 0.1) is 11.1 Å². The lowest BCUT2D eigenvalue weighted by molar-refractivity contribution is -0.130. The molecule has 0 radical (unpaired) electrons. The minimum absolute atomic E-state index is 0.00232. The van der Waals surface area contributed by atoms with Crippen molar-refractivity contribution in [2.24, 2.45) is 11.8 Å². The zero-order valence-electron chi connectivity index (χ0n) is 26.9. The van der Waals surface area contributed by atoms with Gasteiger partial charge in [-0.15, -0.1) is 0 Å². The van der Waals surface area contributed by atoms with Crippen LogP contribution in [0.15, 0.2) is 103 Å². The first kappa shape index (κ1) is 32.9. The summed E-state index contributed by atoms with van der Waals surface area (Å²) in [5.41, 5.74) is 3.34. The van der Waals surface area contributed by atoms with Crippen LogP contribution in [0.5, 0.6) is 5.75 Å². The van der Waals surface area contributed by atoms with Crippen LogP contribution in [-0.2, 0) is 14.3 Å². The summed E-state index contributed by atoms with van der Waals surface area (Å²) in [4.78, 5) is 38.6. The van der Waals surface area contributed by atoms with Crippen LogP contribution >= 0.6 is 0 Å². The fourth-order valence-electron chi connectivity index (χ4n) is 6.32. The Morgan fingerprint density at radius 2 is 1.46 bits per heavy atom. The van der Waals surface area contributed by atoms with E-state index in [-0.39, 0.29) is 12.5 Å². The Morgan fingerprint density at radius 3 is 2.11 bits per heavy atom. The van der Waals surface area contributed by atoms with E-state index < -0.39 is 24.0 Å². The zero-order valence-corrected chi connectivity index (χ0v) is 26.9. The molecule has 6 heteroatoms. The largest absolute Gasteiger partial charge is 0.458 e. The Labute approximate surface area is 272 Å². The highest BCUT2D eigenvalue weighted by molar-refractivity contribution is 5.93. The summed E-state index contributed by atoms with van der Waals surface area (Å²) >= 11 is 0. The first-order valence-corrected chi connectivity index (χ1v) is 16.6. The van der Waals surface area contributed by atoms with E-state index in [1.165, 1.54) is 56.9 Å². The molecule has 1 saturated carbocycles. The van der Waals surface area contributed by atoms with Gasteiger partial charge in [0.2, 0.25) is 0 Å². The molecule has 5 rings (SSSR count). The van der Waals surface area contributed by atoms with Gasteiger partial charge in [-0.2, -0.15) is 0 Å². The summed E-state index contributed by atoms with van der Waals surface area (Å²) in [5, 5.41) is 0. The van der Waals surface area contributed by atoms with E-state index in [0.717, 1.165) is 11.5 Å². The van der Waals surface area contributed by atoms with Crippen LogP contribution in [0, 0.1) is 11.8 Å². The number of benzene rings is 3. The molecule has 2 unspecified atom stereocenters. The lowest BCUT2D eigenvalue weighted by atomic mass is 9.77. The number of ether oxygens (including phenoxy) is 3. The average molecular weight is 621 g/mol. The molecule has 1 fully saturated rings. The fourth-order valence-corrected chi connectivity index (χ4v) is 6.32. The van der Waals surface area contributed by atoms with Crippen LogP contribution in [0.3, 0.4) is 0 Å². The molecule has 0 amide bonds.